The van der Waals surface area contributed by atoms with E-state index in [1.54, 1.807) is 0 Å². The molecule has 1 saturated heterocycles. The first-order chi connectivity index (χ1) is 13.2. The van der Waals surface area contributed by atoms with Gasteiger partial charge in [0.15, 0.2) is 0 Å². The zero-order chi connectivity index (χ0) is 19.7. The molecule has 0 aromatic rings. The molecule has 0 bridgehead atoms. The third kappa shape index (κ3) is 11.2. The van der Waals surface area contributed by atoms with Crippen LogP contribution in [0.2, 0.25) is 0 Å². The number of rotatable bonds is 21. The van der Waals surface area contributed by atoms with E-state index >= 15 is 0 Å². The summed E-state index contributed by atoms with van der Waals surface area (Å²) >= 11 is 0. The molecule has 0 atom stereocenters. The molecule has 1 rings (SSSR count). The van der Waals surface area contributed by atoms with Crippen LogP contribution in [0.15, 0.2) is 0 Å². The van der Waals surface area contributed by atoms with Crippen LogP contribution in [-0.4, -0.2) is 18.5 Å². The summed E-state index contributed by atoms with van der Waals surface area (Å²) in [7, 11) is -2.19. The molecular formula is C24H51O2P. The van der Waals surface area contributed by atoms with Crippen molar-refractivity contribution in [1.82, 2.24) is 0 Å². The Hall–Kier alpha value is 0.350. The van der Waals surface area contributed by atoms with Crippen molar-refractivity contribution in [3.05, 3.63) is 0 Å². The molecule has 164 valence electrons. The van der Waals surface area contributed by atoms with Gasteiger partial charge in [-0.15, -0.1) is 0 Å². The van der Waals surface area contributed by atoms with E-state index in [4.69, 9.17) is 9.35 Å². The molecule has 0 aromatic carbocycles. The molecule has 0 aromatic heterocycles. The molecule has 3 heteroatoms. The predicted octanol–water partition coefficient (Wildman–Crippen LogP) is 9.41. The summed E-state index contributed by atoms with van der Waals surface area (Å²) in [6.45, 7) is 6.89. The molecule has 1 aliphatic rings. The van der Waals surface area contributed by atoms with E-state index in [2.05, 4.69) is 20.8 Å². The van der Waals surface area contributed by atoms with Crippen molar-refractivity contribution in [2.45, 2.75) is 136 Å². The molecule has 0 amide bonds. The van der Waals surface area contributed by atoms with Crippen LogP contribution in [0.1, 0.15) is 136 Å². The van der Waals surface area contributed by atoms with E-state index in [0.717, 1.165) is 0 Å². The molecule has 0 radical (unpaired) electrons. The Labute approximate surface area is 171 Å². The van der Waals surface area contributed by atoms with Crippen molar-refractivity contribution < 1.29 is 9.35 Å². The standard InChI is InChI=1S/C24H51O2P/c1-4-7-10-13-16-19-22-27(25-26-27,23-20-17-14-11-8-5-2)24-21-18-15-12-9-6-3/h4-24H2,1-3H3. The van der Waals surface area contributed by atoms with Crippen LogP contribution in [0.3, 0.4) is 0 Å². The summed E-state index contributed by atoms with van der Waals surface area (Å²) in [6.07, 6.45) is 28.5. The van der Waals surface area contributed by atoms with Crippen molar-refractivity contribution in [3.8, 4) is 0 Å². The fourth-order valence-corrected chi connectivity index (χ4v) is 8.84. The van der Waals surface area contributed by atoms with E-state index in [0.29, 0.717) is 0 Å². The fraction of sp³-hybridized carbons (Fsp3) is 1.00. The molecule has 2 nitrogen and oxygen atoms in total. The third-order valence-electron chi connectivity index (χ3n) is 6.42. The van der Waals surface area contributed by atoms with Crippen LogP contribution in [0.25, 0.3) is 0 Å². The number of unbranched alkanes of at least 4 members (excludes halogenated alkanes) is 15. The molecule has 0 saturated carbocycles. The Morgan fingerprint density at radius 1 is 0.370 bits per heavy atom. The van der Waals surface area contributed by atoms with E-state index in [1.807, 2.05) is 0 Å². The zero-order valence-electron chi connectivity index (χ0n) is 19.1. The normalized spacial score (nSPS) is 18.9. The van der Waals surface area contributed by atoms with Gasteiger partial charge in [-0.25, -0.2) is 0 Å². The maximum absolute atomic E-state index is 6.00. The first-order valence-corrected chi connectivity index (χ1v) is 15.2. The predicted molar refractivity (Wildman–Crippen MR) is 124 cm³/mol. The Morgan fingerprint density at radius 2 is 0.630 bits per heavy atom. The van der Waals surface area contributed by atoms with Crippen molar-refractivity contribution >= 4 is 7.06 Å². The van der Waals surface area contributed by atoms with Gasteiger partial charge in [-0.2, -0.15) is 0 Å². The van der Waals surface area contributed by atoms with E-state index in [9.17, 15) is 0 Å². The van der Waals surface area contributed by atoms with E-state index in [1.165, 1.54) is 134 Å². The molecule has 27 heavy (non-hydrogen) atoms. The van der Waals surface area contributed by atoms with Gasteiger partial charge in [0.25, 0.3) is 0 Å². The zero-order valence-corrected chi connectivity index (χ0v) is 20.0. The summed E-state index contributed by atoms with van der Waals surface area (Å²) in [5.41, 5.74) is 0. The molecule has 0 spiro atoms. The summed E-state index contributed by atoms with van der Waals surface area (Å²) in [4.78, 5) is 0. The van der Waals surface area contributed by atoms with Crippen molar-refractivity contribution in [2.24, 2.45) is 0 Å². The Kier molecular flexibility index (Phi) is 14.3. The Balaban J connectivity index is 2.33. The Bertz CT molecular complexity index is 294. The maximum atomic E-state index is 6.00. The molecule has 1 aliphatic heterocycles. The van der Waals surface area contributed by atoms with Crippen molar-refractivity contribution in [3.63, 3.8) is 0 Å². The van der Waals surface area contributed by atoms with Gasteiger partial charge >= 0.3 is 171 Å². The van der Waals surface area contributed by atoms with Gasteiger partial charge < -0.3 is 0 Å². The molecule has 1 fully saturated rings. The average Bonchev–Trinajstić information content (AvgIpc) is 3.40. The third-order valence-corrected chi connectivity index (χ3v) is 11.1. The van der Waals surface area contributed by atoms with Gasteiger partial charge in [-0.1, -0.05) is 0 Å². The van der Waals surface area contributed by atoms with Gasteiger partial charge in [-0.3, -0.25) is 0 Å². The van der Waals surface area contributed by atoms with Gasteiger partial charge in [0.1, 0.15) is 0 Å². The van der Waals surface area contributed by atoms with E-state index < -0.39 is 7.06 Å². The van der Waals surface area contributed by atoms with Crippen molar-refractivity contribution in [2.75, 3.05) is 18.5 Å². The van der Waals surface area contributed by atoms with Gasteiger partial charge in [0.05, 0.1) is 0 Å². The van der Waals surface area contributed by atoms with Gasteiger partial charge in [0.2, 0.25) is 0 Å². The molecule has 0 N–H and O–H groups in total. The summed E-state index contributed by atoms with van der Waals surface area (Å²) in [6, 6.07) is 0. The van der Waals surface area contributed by atoms with Crippen LogP contribution in [0, 0.1) is 0 Å². The molecule has 1 heterocycles. The van der Waals surface area contributed by atoms with Crippen LogP contribution in [-0.2, 0) is 9.35 Å². The van der Waals surface area contributed by atoms with Gasteiger partial charge in [0, 0.05) is 0 Å². The van der Waals surface area contributed by atoms with Crippen LogP contribution in [0.4, 0.5) is 0 Å². The minimum atomic E-state index is -2.19. The average molecular weight is 403 g/mol. The topological polar surface area (TPSA) is 25.1 Å². The van der Waals surface area contributed by atoms with Crippen LogP contribution in [0.5, 0.6) is 0 Å². The first-order valence-electron chi connectivity index (χ1n) is 12.6. The summed E-state index contributed by atoms with van der Waals surface area (Å²) in [5.74, 6) is 0. The monoisotopic (exact) mass is 402 g/mol. The van der Waals surface area contributed by atoms with Crippen molar-refractivity contribution in [1.29, 1.82) is 0 Å². The second-order valence-corrected chi connectivity index (χ2v) is 13.8. The molecule has 0 unspecified atom stereocenters. The SMILES string of the molecule is CCCCCCCCP1(CCCCCCCC)(CCCCCCCC)OO1. The summed E-state index contributed by atoms with van der Waals surface area (Å²) in [5, 5.41) is 0. The molecular weight excluding hydrogens is 351 g/mol. The van der Waals surface area contributed by atoms with Crippen LogP contribution < -0.4 is 0 Å². The first kappa shape index (κ1) is 25.4. The Morgan fingerprint density at radius 3 is 0.889 bits per heavy atom. The van der Waals surface area contributed by atoms with E-state index in [-0.39, 0.29) is 0 Å². The quantitative estimate of drug-likeness (QED) is 0.0826. The second kappa shape index (κ2) is 15.2. The number of hydrogen-bond acceptors (Lipinski definition) is 2. The number of hydrogen-bond donors (Lipinski definition) is 0. The second-order valence-electron chi connectivity index (χ2n) is 9.14. The van der Waals surface area contributed by atoms with Gasteiger partial charge in [-0.05, 0) is 0 Å². The van der Waals surface area contributed by atoms with Crippen LogP contribution >= 0.6 is 7.06 Å². The summed E-state index contributed by atoms with van der Waals surface area (Å²) < 4.78 is 12.0. The fourth-order valence-electron chi connectivity index (χ4n) is 4.36. The minimum absolute atomic E-state index is 1.25. The molecule has 0 aliphatic carbocycles.